The lowest BCUT2D eigenvalue weighted by atomic mass is 9.69. The Bertz CT molecular complexity index is 368. The van der Waals surface area contributed by atoms with Gasteiger partial charge in [-0.3, -0.25) is 9.59 Å². The Balaban J connectivity index is 2.00. The number of likely N-dealkylation sites (tertiary alicyclic amines) is 1. The van der Waals surface area contributed by atoms with Gasteiger partial charge in [-0.2, -0.15) is 0 Å². The SMILES string of the molecule is O=C(O)CC1(CC(=O)N2C[C@@H](O)[C@@H](O)C2)CCCCC1. The molecule has 0 spiro atoms. The number of amides is 1. The summed E-state index contributed by atoms with van der Waals surface area (Å²) in [4.78, 5) is 24.8. The zero-order valence-corrected chi connectivity index (χ0v) is 11.6. The number of hydrogen-bond donors (Lipinski definition) is 3. The largest absolute Gasteiger partial charge is 0.481 e. The van der Waals surface area contributed by atoms with Crippen molar-refractivity contribution in [2.45, 2.75) is 57.2 Å². The maximum Gasteiger partial charge on any atom is 0.303 e. The summed E-state index contributed by atoms with van der Waals surface area (Å²) >= 11 is 0. The maximum atomic E-state index is 12.3. The summed E-state index contributed by atoms with van der Waals surface area (Å²) < 4.78 is 0. The van der Waals surface area contributed by atoms with Crippen LogP contribution in [0.1, 0.15) is 44.9 Å². The first kappa shape index (κ1) is 15.3. The standard InChI is InChI=1S/C14H23NO5/c16-10-8-15(9-11(10)17)12(18)6-14(7-13(19)20)4-2-1-3-5-14/h10-11,16-17H,1-9H2,(H,19,20)/t10-,11+. The minimum Gasteiger partial charge on any atom is -0.481 e. The molecule has 0 unspecified atom stereocenters. The predicted octanol–water partition coefficient (Wildman–Crippen LogP) is 0.366. The van der Waals surface area contributed by atoms with Crippen LogP contribution >= 0.6 is 0 Å². The number of carbonyl (C=O) groups is 2. The Morgan fingerprint density at radius 1 is 1.00 bits per heavy atom. The van der Waals surface area contributed by atoms with E-state index in [-0.39, 0.29) is 31.8 Å². The molecule has 6 nitrogen and oxygen atoms in total. The topological polar surface area (TPSA) is 98.1 Å². The fourth-order valence-corrected chi connectivity index (χ4v) is 3.44. The highest BCUT2D eigenvalue weighted by molar-refractivity contribution is 5.78. The average Bonchev–Trinajstić information content (AvgIpc) is 2.69. The van der Waals surface area contributed by atoms with Gasteiger partial charge in [0.25, 0.3) is 0 Å². The smallest absolute Gasteiger partial charge is 0.303 e. The van der Waals surface area contributed by atoms with E-state index in [1.165, 1.54) is 4.90 Å². The van der Waals surface area contributed by atoms with Crippen molar-refractivity contribution in [1.29, 1.82) is 0 Å². The van der Waals surface area contributed by atoms with Crippen LogP contribution in [0, 0.1) is 5.41 Å². The van der Waals surface area contributed by atoms with E-state index in [0.717, 1.165) is 32.1 Å². The Labute approximate surface area is 118 Å². The summed E-state index contributed by atoms with van der Waals surface area (Å²) in [7, 11) is 0. The van der Waals surface area contributed by atoms with Gasteiger partial charge in [0.05, 0.1) is 18.6 Å². The molecule has 0 radical (unpaired) electrons. The number of carbonyl (C=O) groups excluding carboxylic acids is 1. The number of β-amino-alcohol motifs (C(OH)–C–C–N with tert-alkyl or cyclic N) is 2. The number of nitrogens with zero attached hydrogens (tertiary/aromatic N) is 1. The molecule has 3 N–H and O–H groups in total. The first-order valence-electron chi connectivity index (χ1n) is 7.28. The molecule has 2 fully saturated rings. The van der Waals surface area contributed by atoms with E-state index in [0.29, 0.717) is 0 Å². The van der Waals surface area contributed by atoms with Gasteiger partial charge in [-0.25, -0.2) is 0 Å². The lowest BCUT2D eigenvalue weighted by Gasteiger charge is -2.36. The number of aliphatic hydroxyl groups is 2. The molecule has 2 atom stereocenters. The first-order chi connectivity index (χ1) is 9.42. The van der Waals surface area contributed by atoms with Crippen molar-refractivity contribution in [2.75, 3.05) is 13.1 Å². The van der Waals surface area contributed by atoms with Crippen molar-refractivity contribution in [3.63, 3.8) is 0 Å². The number of carboxylic acids is 1. The Kier molecular flexibility index (Phi) is 4.65. The summed E-state index contributed by atoms with van der Waals surface area (Å²) in [5.41, 5.74) is -0.445. The van der Waals surface area contributed by atoms with Crippen LogP contribution in [0.3, 0.4) is 0 Å². The van der Waals surface area contributed by atoms with Gasteiger partial charge in [-0.05, 0) is 18.3 Å². The van der Waals surface area contributed by atoms with Crippen LogP contribution in [0.2, 0.25) is 0 Å². The lowest BCUT2D eigenvalue weighted by Crippen LogP contribution is -2.37. The molecule has 2 aliphatic rings. The summed E-state index contributed by atoms with van der Waals surface area (Å²) in [6.07, 6.45) is 3.01. The molecular weight excluding hydrogens is 262 g/mol. The van der Waals surface area contributed by atoms with Gasteiger partial charge in [-0.15, -0.1) is 0 Å². The summed E-state index contributed by atoms with van der Waals surface area (Å²) in [5, 5.41) is 28.1. The molecule has 1 saturated carbocycles. The first-order valence-corrected chi connectivity index (χ1v) is 7.28. The van der Waals surface area contributed by atoms with Crippen LogP contribution in [0.5, 0.6) is 0 Å². The second kappa shape index (κ2) is 6.10. The summed E-state index contributed by atoms with van der Waals surface area (Å²) in [6.45, 7) is 0.284. The van der Waals surface area contributed by atoms with E-state index in [1.807, 2.05) is 0 Å². The van der Waals surface area contributed by atoms with Gasteiger partial charge in [0.15, 0.2) is 0 Å². The Morgan fingerprint density at radius 2 is 1.55 bits per heavy atom. The second-order valence-electron chi connectivity index (χ2n) is 6.24. The molecule has 1 saturated heterocycles. The van der Waals surface area contributed by atoms with E-state index in [4.69, 9.17) is 5.11 Å². The Hall–Kier alpha value is -1.14. The molecule has 1 heterocycles. The molecule has 1 amide bonds. The van der Waals surface area contributed by atoms with Crippen molar-refractivity contribution in [2.24, 2.45) is 5.41 Å². The molecular formula is C14H23NO5. The quantitative estimate of drug-likeness (QED) is 0.693. The van der Waals surface area contributed by atoms with Gasteiger partial charge in [-0.1, -0.05) is 19.3 Å². The molecule has 0 aromatic heterocycles. The lowest BCUT2D eigenvalue weighted by molar-refractivity contribution is -0.142. The number of carboxylic acid groups (broad SMARTS) is 1. The summed E-state index contributed by atoms with van der Waals surface area (Å²) in [6, 6.07) is 0. The van der Waals surface area contributed by atoms with E-state index in [2.05, 4.69) is 0 Å². The average molecular weight is 285 g/mol. The minimum atomic E-state index is -0.888. The minimum absolute atomic E-state index is 0.0255. The van der Waals surface area contributed by atoms with Crippen LogP contribution in [0.4, 0.5) is 0 Å². The van der Waals surface area contributed by atoms with Gasteiger partial charge in [0.1, 0.15) is 0 Å². The van der Waals surface area contributed by atoms with Crippen molar-refractivity contribution in [3.05, 3.63) is 0 Å². The van der Waals surface area contributed by atoms with E-state index in [1.54, 1.807) is 0 Å². The molecule has 114 valence electrons. The zero-order valence-electron chi connectivity index (χ0n) is 11.6. The third kappa shape index (κ3) is 3.49. The third-order valence-electron chi connectivity index (χ3n) is 4.58. The maximum absolute atomic E-state index is 12.3. The van der Waals surface area contributed by atoms with Crippen molar-refractivity contribution >= 4 is 11.9 Å². The van der Waals surface area contributed by atoms with Crippen molar-refractivity contribution in [3.8, 4) is 0 Å². The number of hydrogen-bond acceptors (Lipinski definition) is 4. The van der Waals surface area contributed by atoms with E-state index >= 15 is 0 Å². The highest BCUT2D eigenvalue weighted by Gasteiger charge is 2.40. The van der Waals surface area contributed by atoms with Crippen LogP contribution < -0.4 is 0 Å². The molecule has 0 bridgehead atoms. The van der Waals surface area contributed by atoms with Crippen LogP contribution in [0.25, 0.3) is 0 Å². The predicted molar refractivity (Wildman–Crippen MR) is 71.0 cm³/mol. The van der Waals surface area contributed by atoms with Gasteiger partial charge < -0.3 is 20.2 Å². The van der Waals surface area contributed by atoms with E-state index in [9.17, 15) is 19.8 Å². The van der Waals surface area contributed by atoms with Crippen molar-refractivity contribution in [1.82, 2.24) is 4.90 Å². The van der Waals surface area contributed by atoms with Crippen LogP contribution in [0.15, 0.2) is 0 Å². The molecule has 6 heteroatoms. The second-order valence-corrected chi connectivity index (χ2v) is 6.24. The molecule has 0 aromatic rings. The molecule has 0 aromatic carbocycles. The Morgan fingerprint density at radius 3 is 2.05 bits per heavy atom. The monoisotopic (exact) mass is 285 g/mol. The normalized spacial score (nSPS) is 29.4. The van der Waals surface area contributed by atoms with E-state index < -0.39 is 23.6 Å². The number of rotatable bonds is 4. The van der Waals surface area contributed by atoms with Crippen LogP contribution in [-0.4, -0.2) is 57.4 Å². The molecule has 1 aliphatic carbocycles. The highest BCUT2D eigenvalue weighted by Crippen LogP contribution is 2.42. The number of aliphatic carboxylic acids is 1. The van der Waals surface area contributed by atoms with Gasteiger partial charge in [0, 0.05) is 19.5 Å². The molecule has 2 rings (SSSR count). The highest BCUT2D eigenvalue weighted by atomic mass is 16.4. The van der Waals surface area contributed by atoms with Crippen molar-refractivity contribution < 1.29 is 24.9 Å². The summed E-state index contributed by atoms with van der Waals surface area (Å²) in [5.74, 6) is -1.01. The van der Waals surface area contributed by atoms with Gasteiger partial charge in [0.2, 0.25) is 5.91 Å². The fourth-order valence-electron chi connectivity index (χ4n) is 3.44. The molecule has 1 aliphatic heterocycles. The third-order valence-corrected chi connectivity index (χ3v) is 4.58. The number of aliphatic hydroxyl groups excluding tert-OH is 2. The zero-order chi connectivity index (χ0) is 14.8. The van der Waals surface area contributed by atoms with Gasteiger partial charge >= 0.3 is 5.97 Å². The van der Waals surface area contributed by atoms with Crippen LogP contribution in [-0.2, 0) is 9.59 Å². The fraction of sp³-hybridized carbons (Fsp3) is 0.857. The molecule has 20 heavy (non-hydrogen) atoms.